The lowest BCUT2D eigenvalue weighted by Crippen LogP contribution is -1.74. The Morgan fingerprint density at radius 2 is 2.56 bits per heavy atom. The average Bonchev–Trinajstić information content (AvgIpc) is 2.37. The predicted molar refractivity (Wildman–Crippen MR) is 35.8 cm³/mol. The fourth-order valence-corrected chi connectivity index (χ4v) is 0.555. The number of oxazole rings is 1. The summed E-state index contributed by atoms with van der Waals surface area (Å²) in [7, 11) is 0. The maximum atomic E-state index is 4.79. The molecule has 1 aromatic heterocycles. The summed E-state index contributed by atoms with van der Waals surface area (Å²) < 4.78 is 4.79. The van der Waals surface area contributed by atoms with Gasteiger partial charge < -0.3 is 4.42 Å². The molecule has 2 heteroatoms. The summed E-state index contributed by atoms with van der Waals surface area (Å²) in [4.78, 5) is 3.95. The maximum Gasteiger partial charge on any atom is 0.181 e. The molecule has 0 unspecified atom stereocenters. The number of rotatable bonds is 1. The van der Waals surface area contributed by atoms with E-state index in [0.717, 1.165) is 11.3 Å². The summed E-state index contributed by atoms with van der Waals surface area (Å²) in [6.07, 6.45) is 5.06. The fraction of sp³-hybridized carbons (Fsp3) is 0.286. The molecule has 0 aliphatic rings. The summed E-state index contributed by atoms with van der Waals surface area (Å²) >= 11 is 0. The van der Waals surface area contributed by atoms with Crippen LogP contribution in [0.15, 0.2) is 23.1 Å². The van der Waals surface area contributed by atoms with E-state index in [4.69, 9.17) is 4.42 Å². The lowest BCUT2D eigenvalue weighted by Gasteiger charge is -1.87. The van der Waals surface area contributed by atoms with Crippen molar-refractivity contribution in [3.8, 4) is 0 Å². The second-order valence-electron chi connectivity index (χ2n) is 1.85. The molecule has 1 heterocycles. The van der Waals surface area contributed by atoms with E-state index in [-0.39, 0.29) is 0 Å². The maximum absolute atomic E-state index is 4.79. The number of hydrogen-bond acceptors (Lipinski definition) is 2. The highest BCUT2D eigenvalue weighted by Crippen LogP contribution is 2.08. The number of aromatic nitrogens is 1. The Kier molecular flexibility index (Phi) is 1.68. The van der Waals surface area contributed by atoms with Crippen LogP contribution in [0.1, 0.15) is 19.5 Å². The highest BCUT2D eigenvalue weighted by atomic mass is 16.3. The van der Waals surface area contributed by atoms with Gasteiger partial charge in [0.15, 0.2) is 6.39 Å². The Morgan fingerprint density at radius 1 is 1.78 bits per heavy atom. The first kappa shape index (κ1) is 6.08. The highest BCUT2D eigenvalue weighted by molar-refractivity contribution is 5.58. The highest BCUT2D eigenvalue weighted by Gasteiger charge is 1.94. The van der Waals surface area contributed by atoms with Crippen LogP contribution < -0.4 is 0 Å². The van der Waals surface area contributed by atoms with Crippen LogP contribution in [0.5, 0.6) is 0 Å². The molecular weight excluding hydrogens is 114 g/mol. The Balaban J connectivity index is 2.90. The molecule has 1 rings (SSSR count). The number of allylic oxidation sites excluding steroid dienone is 2. The molecule has 48 valence electrons. The number of hydrogen-bond donors (Lipinski definition) is 0. The molecule has 0 fully saturated rings. The van der Waals surface area contributed by atoms with E-state index >= 15 is 0 Å². The van der Waals surface area contributed by atoms with Crippen LogP contribution in [-0.4, -0.2) is 4.98 Å². The van der Waals surface area contributed by atoms with E-state index in [0.29, 0.717) is 0 Å². The first-order chi connectivity index (χ1) is 4.34. The van der Waals surface area contributed by atoms with Crippen molar-refractivity contribution in [1.82, 2.24) is 4.98 Å². The van der Waals surface area contributed by atoms with E-state index in [9.17, 15) is 0 Å². The summed E-state index contributed by atoms with van der Waals surface area (Å²) in [6, 6.07) is 0. The van der Waals surface area contributed by atoms with Gasteiger partial charge in [-0.2, -0.15) is 0 Å². The minimum Gasteiger partial charge on any atom is -0.451 e. The second kappa shape index (κ2) is 2.49. The third-order valence-corrected chi connectivity index (χ3v) is 1.27. The van der Waals surface area contributed by atoms with Crippen LogP contribution in [0.3, 0.4) is 0 Å². The molecule has 0 atom stereocenters. The molecule has 0 saturated carbocycles. The molecule has 1 aromatic rings. The third kappa shape index (κ3) is 1.19. The second-order valence-corrected chi connectivity index (χ2v) is 1.85. The van der Waals surface area contributed by atoms with Gasteiger partial charge in [-0.3, -0.25) is 0 Å². The van der Waals surface area contributed by atoms with Gasteiger partial charge in [0.2, 0.25) is 0 Å². The molecule has 0 aliphatic carbocycles. The lowest BCUT2D eigenvalue weighted by molar-refractivity contribution is 0.557. The molecule has 0 radical (unpaired) electrons. The van der Waals surface area contributed by atoms with Crippen molar-refractivity contribution >= 4 is 5.57 Å². The van der Waals surface area contributed by atoms with Crippen molar-refractivity contribution in [3.63, 3.8) is 0 Å². The smallest absolute Gasteiger partial charge is 0.181 e. The minimum absolute atomic E-state index is 0.914. The Hall–Kier alpha value is -1.05. The molecule has 0 aliphatic heterocycles. The van der Waals surface area contributed by atoms with Crippen LogP contribution in [0, 0.1) is 0 Å². The van der Waals surface area contributed by atoms with E-state index in [1.165, 1.54) is 6.39 Å². The summed E-state index contributed by atoms with van der Waals surface area (Å²) in [5.74, 6) is 0. The van der Waals surface area contributed by atoms with Crippen LogP contribution in [0.25, 0.3) is 5.57 Å². The fourth-order valence-electron chi connectivity index (χ4n) is 0.555. The van der Waals surface area contributed by atoms with Crippen LogP contribution in [-0.2, 0) is 0 Å². The van der Waals surface area contributed by atoms with Crippen LogP contribution in [0.4, 0.5) is 0 Å². The molecule has 2 nitrogen and oxygen atoms in total. The van der Waals surface area contributed by atoms with Gasteiger partial charge in [-0.25, -0.2) is 4.98 Å². The van der Waals surface area contributed by atoms with Crippen molar-refractivity contribution in [2.24, 2.45) is 0 Å². The first-order valence-corrected chi connectivity index (χ1v) is 2.86. The van der Waals surface area contributed by atoms with Crippen molar-refractivity contribution in [3.05, 3.63) is 24.4 Å². The van der Waals surface area contributed by atoms with Gasteiger partial charge in [-0.15, -0.1) is 0 Å². The standard InChI is InChI=1S/C7H9NO/c1-3-6(2)7-4-9-5-8-7/h3-5H,1-2H3/b6-3+. The summed E-state index contributed by atoms with van der Waals surface area (Å²) in [5, 5.41) is 0. The van der Waals surface area contributed by atoms with Crippen molar-refractivity contribution in [1.29, 1.82) is 0 Å². The van der Waals surface area contributed by atoms with Gasteiger partial charge >= 0.3 is 0 Å². The largest absolute Gasteiger partial charge is 0.451 e. The Labute approximate surface area is 54.2 Å². The lowest BCUT2D eigenvalue weighted by atomic mass is 10.2. The molecule has 0 bridgehead atoms. The molecule has 0 amide bonds. The van der Waals surface area contributed by atoms with Crippen molar-refractivity contribution < 1.29 is 4.42 Å². The molecule has 0 N–H and O–H groups in total. The quantitative estimate of drug-likeness (QED) is 0.571. The van der Waals surface area contributed by atoms with Crippen LogP contribution >= 0.6 is 0 Å². The average molecular weight is 123 g/mol. The zero-order valence-corrected chi connectivity index (χ0v) is 5.59. The van der Waals surface area contributed by atoms with E-state index in [1.807, 2.05) is 19.9 Å². The molecule has 0 aromatic carbocycles. The monoisotopic (exact) mass is 123 g/mol. The zero-order chi connectivity index (χ0) is 6.69. The molecule has 9 heavy (non-hydrogen) atoms. The van der Waals surface area contributed by atoms with Crippen LogP contribution in [0.2, 0.25) is 0 Å². The SMILES string of the molecule is C/C=C(\C)c1cocn1. The van der Waals surface area contributed by atoms with Crippen molar-refractivity contribution in [2.75, 3.05) is 0 Å². The van der Waals surface area contributed by atoms with Gasteiger partial charge in [0.25, 0.3) is 0 Å². The molecule has 0 spiro atoms. The topological polar surface area (TPSA) is 26.0 Å². The van der Waals surface area contributed by atoms with Gasteiger partial charge in [0.05, 0.1) is 0 Å². The summed E-state index contributed by atoms with van der Waals surface area (Å²) in [5.41, 5.74) is 2.06. The molecular formula is C7H9NO. The van der Waals surface area contributed by atoms with E-state index < -0.39 is 0 Å². The normalized spacial score (nSPS) is 12.0. The van der Waals surface area contributed by atoms with Gasteiger partial charge in [-0.1, -0.05) is 6.08 Å². The first-order valence-electron chi connectivity index (χ1n) is 2.86. The zero-order valence-electron chi connectivity index (χ0n) is 5.59. The summed E-state index contributed by atoms with van der Waals surface area (Å²) in [6.45, 7) is 3.97. The predicted octanol–water partition coefficient (Wildman–Crippen LogP) is 2.10. The Bertz CT molecular complexity index is 199. The van der Waals surface area contributed by atoms with Gasteiger partial charge in [0, 0.05) is 0 Å². The minimum atomic E-state index is 0.914. The van der Waals surface area contributed by atoms with E-state index in [1.54, 1.807) is 6.26 Å². The number of nitrogens with zero attached hydrogens (tertiary/aromatic N) is 1. The van der Waals surface area contributed by atoms with Gasteiger partial charge in [0.1, 0.15) is 12.0 Å². The third-order valence-electron chi connectivity index (χ3n) is 1.27. The Morgan fingerprint density at radius 3 is 3.00 bits per heavy atom. The van der Waals surface area contributed by atoms with Gasteiger partial charge in [-0.05, 0) is 19.4 Å². The van der Waals surface area contributed by atoms with Crippen molar-refractivity contribution in [2.45, 2.75) is 13.8 Å². The molecule has 0 saturated heterocycles. The van der Waals surface area contributed by atoms with E-state index in [2.05, 4.69) is 4.98 Å².